The molecule has 4 aromatic carbocycles. The average molecular weight is 561 g/mol. The largest absolute Gasteiger partial charge is 0.399 e. The zero-order valence-corrected chi connectivity index (χ0v) is 26.0. The van der Waals surface area contributed by atoms with Crippen LogP contribution in [0.5, 0.6) is 0 Å². The van der Waals surface area contributed by atoms with E-state index in [0.717, 1.165) is 11.4 Å². The number of nitrogen functional groups attached to an aromatic ring is 2. The molecule has 4 rings (SSSR count). The lowest BCUT2D eigenvalue weighted by atomic mass is 9.86. The Hall–Kier alpha value is -3.52. The summed E-state index contributed by atoms with van der Waals surface area (Å²) in [7, 11) is 0. The van der Waals surface area contributed by atoms with Crippen molar-refractivity contribution in [2.75, 3.05) is 11.5 Å². The number of benzene rings is 4. The highest BCUT2D eigenvalue weighted by Gasteiger charge is 2.15. The second kappa shape index (κ2) is 16.8. The number of hydrogen-bond acceptors (Lipinski definition) is 2. The zero-order chi connectivity index (χ0) is 29.6. The Morgan fingerprint density at radius 1 is 0.405 bits per heavy atom. The van der Waals surface area contributed by atoms with Gasteiger partial charge in [-0.3, -0.25) is 0 Å². The average Bonchev–Trinajstić information content (AvgIpc) is 3.02. The van der Waals surface area contributed by atoms with E-state index in [4.69, 9.17) is 11.5 Å². The van der Waals surface area contributed by atoms with Crippen molar-refractivity contribution in [3.8, 4) is 0 Å². The van der Waals surface area contributed by atoms with E-state index in [1.165, 1.54) is 110 Å². The summed E-state index contributed by atoms with van der Waals surface area (Å²) in [5.41, 5.74) is 22.1. The lowest BCUT2D eigenvalue weighted by molar-refractivity contribution is 0.637. The smallest absolute Gasteiger partial charge is 0.0314 e. The summed E-state index contributed by atoms with van der Waals surface area (Å²) in [5, 5.41) is 0. The van der Waals surface area contributed by atoms with Gasteiger partial charge in [0.1, 0.15) is 0 Å². The molecule has 4 aromatic rings. The number of nitrogens with two attached hydrogens (primary N) is 2. The summed E-state index contributed by atoms with van der Waals surface area (Å²) in [5.74, 6) is 0.905. The monoisotopic (exact) mass is 560 g/mol. The lowest BCUT2D eigenvalue weighted by Gasteiger charge is -2.19. The summed E-state index contributed by atoms with van der Waals surface area (Å²) >= 11 is 0. The van der Waals surface area contributed by atoms with Crippen molar-refractivity contribution in [2.45, 2.75) is 103 Å². The van der Waals surface area contributed by atoms with Gasteiger partial charge in [-0.1, -0.05) is 125 Å². The van der Waals surface area contributed by atoms with Crippen LogP contribution in [0.15, 0.2) is 97.1 Å². The molecule has 0 aliphatic rings. The maximum atomic E-state index is 5.94. The number of rotatable bonds is 17. The minimum absolute atomic E-state index is 0.452. The quantitative estimate of drug-likeness (QED) is 0.0996. The first-order valence-electron chi connectivity index (χ1n) is 16.5. The predicted molar refractivity (Wildman–Crippen MR) is 183 cm³/mol. The van der Waals surface area contributed by atoms with Gasteiger partial charge in [0.05, 0.1) is 0 Å². The maximum absolute atomic E-state index is 5.94. The van der Waals surface area contributed by atoms with Crippen LogP contribution in [0.25, 0.3) is 0 Å². The lowest BCUT2D eigenvalue weighted by Crippen LogP contribution is -2.02. The molecular weight excluding hydrogens is 508 g/mol. The molecule has 0 saturated carbocycles. The summed E-state index contributed by atoms with van der Waals surface area (Å²) in [6, 6.07) is 35.8. The van der Waals surface area contributed by atoms with E-state index in [9.17, 15) is 0 Å². The number of unbranched alkanes of at least 4 members (excludes halogenated alkanes) is 5. The first kappa shape index (κ1) is 31.4. The second-order valence-corrected chi connectivity index (χ2v) is 12.1. The summed E-state index contributed by atoms with van der Waals surface area (Å²) < 4.78 is 0. The molecule has 2 unspecified atom stereocenters. The summed E-state index contributed by atoms with van der Waals surface area (Å²) in [6.07, 6.45) is 14.7. The van der Waals surface area contributed by atoms with Crippen molar-refractivity contribution in [1.29, 1.82) is 0 Å². The molecule has 2 heteroatoms. The molecule has 0 bridgehead atoms. The molecule has 2 atom stereocenters. The first-order chi connectivity index (χ1) is 20.6. The second-order valence-electron chi connectivity index (χ2n) is 12.1. The SMILES string of the molecule is CCCCC(c1ccc(N)cc1)c1ccc(CCCCCCc2ccc(C(CCCC)c3ccc(N)cc3)cc2)cc1. The zero-order valence-electron chi connectivity index (χ0n) is 26.0. The van der Waals surface area contributed by atoms with Gasteiger partial charge in [-0.25, -0.2) is 0 Å². The third-order valence-electron chi connectivity index (χ3n) is 8.82. The molecule has 0 spiro atoms. The van der Waals surface area contributed by atoms with Gasteiger partial charge in [-0.2, -0.15) is 0 Å². The topological polar surface area (TPSA) is 52.0 Å². The van der Waals surface area contributed by atoms with Crippen LogP contribution < -0.4 is 11.5 Å². The highest BCUT2D eigenvalue weighted by molar-refractivity contribution is 5.44. The molecule has 0 aliphatic heterocycles. The summed E-state index contributed by atoms with van der Waals surface area (Å²) in [6.45, 7) is 4.54. The van der Waals surface area contributed by atoms with Crippen LogP contribution in [0.3, 0.4) is 0 Å². The van der Waals surface area contributed by atoms with E-state index in [1.807, 2.05) is 24.3 Å². The van der Waals surface area contributed by atoms with Crippen molar-refractivity contribution in [1.82, 2.24) is 0 Å². The van der Waals surface area contributed by atoms with Gasteiger partial charge in [0.25, 0.3) is 0 Å². The Morgan fingerprint density at radius 3 is 1.02 bits per heavy atom. The van der Waals surface area contributed by atoms with Crippen molar-refractivity contribution < 1.29 is 0 Å². The van der Waals surface area contributed by atoms with Crippen molar-refractivity contribution in [3.63, 3.8) is 0 Å². The fourth-order valence-electron chi connectivity index (χ4n) is 6.17. The van der Waals surface area contributed by atoms with Crippen LogP contribution in [0.1, 0.15) is 123 Å². The molecule has 0 aromatic heterocycles. The van der Waals surface area contributed by atoms with Gasteiger partial charge >= 0.3 is 0 Å². The molecule has 4 N–H and O–H groups in total. The predicted octanol–water partition coefficient (Wildman–Crippen LogP) is 10.8. The third-order valence-corrected chi connectivity index (χ3v) is 8.82. The van der Waals surface area contributed by atoms with E-state index in [0.29, 0.717) is 11.8 Å². The molecule has 0 radical (unpaired) electrons. The molecule has 0 aliphatic carbocycles. The normalized spacial score (nSPS) is 12.7. The molecule has 42 heavy (non-hydrogen) atoms. The Balaban J connectivity index is 1.21. The van der Waals surface area contributed by atoms with Crippen LogP contribution >= 0.6 is 0 Å². The van der Waals surface area contributed by atoms with Crippen LogP contribution in [0.2, 0.25) is 0 Å². The Labute approximate surface area is 255 Å². The van der Waals surface area contributed by atoms with E-state index in [2.05, 4.69) is 86.6 Å². The van der Waals surface area contributed by atoms with Gasteiger partial charge in [0.2, 0.25) is 0 Å². The van der Waals surface area contributed by atoms with Crippen LogP contribution in [-0.4, -0.2) is 0 Å². The van der Waals surface area contributed by atoms with Gasteiger partial charge < -0.3 is 11.5 Å². The maximum Gasteiger partial charge on any atom is 0.0314 e. The highest BCUT2D eigenvalue weighted by Crippen LogP contribution is 2.32. The molecular formula is C40H52N2. The molecule has 0 amide bonds. The fourth-order valence-corrected chi connectivity index (χ4v) is 6.17. The fraction of sp³-hybridized carbons (Fsp3) is 0.400. The standard InChI is InChI=1S/C40H52N2/c1-3-5-13-39(35-23-27-37(41)28-24-35)33-19-15-31(16-20-33)11-9-7-8-10-12-32-17-21-34(22-18-32)40(14-6-4-2)36-25-29-38(42)30-26-36/h15-30,39-40H,3-14,41-42H2,1-2H3. The minimum Gasteiger partial charge on any atom is -0.399 e. The van der Waals surface area contributed by atoms with E-state index >= 15 is 0 Å². The molecule has 0 heterocycles. The van der Waals surface area contributed by atoms with Crippen LogP contribution in [0, 0.1) is 0 Å². The number of hydrogen-bond donors (Lipinski definition) is 2. The van der Waals surface area contributed by atoms with Gasteiger partial charge in [-0.05, 0) is 96.2 Å². The number of anilines is 2. The number of aryl methyl sites for hydroxylation is 2. The van der Waals surface area contributed by atoms with E-state index < -0.39 is 0 Å². The van der Waals surface area contributed by atoms with Crippen molar-refractivity contribution in [2.24, 2.45) is 0 Å². The van der Waals surface area contributed by atoms with Gasteiger partial charge in [0.15, 0.2) is 0 Å². The molecule has 222 valence electrons. The van der Waals surface area contributed by atoms with Gasteiger partial charge in [-0.15, -0.1) is 0 Å². The summed E-state index contributed by atoms with van der Waals surface area (Å²) in [4.78, 5) is 0. The molecule has 0 saturated heterocycles. The van der Waals surface area contributed by atoms with Crippen molar-refractivity contribution in [3.05, 3.63) is 130 Å². The van der Waals surface area contributed by atoms with Crippen LogP contribution in [-0.2, 0) is 12.8 Å². The van der Waals surface area contributed by atoms with Crippen LogP contribution in [0.4, 0.5) is 11.4 Å². The van der Waals surface area contributed by atoms with Crippen molar-refractivity contribution >= 4 is 11.4 Å². The third kappa shape index (κ3) is 9.51. The minimum atomic E-state index is 0.452. The Morgan fingerprint density at radius 2 is 0.714 bits per heavy atom. The first-order valence-corrected chi connectivity index (χ1v) is 16.5. The molecule has 0 fully saturated rings. The highest BCUT2D eigenvalue weighted by atomic mass is 14.5. The van der Waals surface area contributed by atoms with E-state index in [1.54, 1.807) is 0 Å². The Bertz CT molecular complexity index is 1180. The molecule has 2 nitrogen and oxygen atoms in total. The van der Waals surface area contributed by atoms with E-state index in [-0.39, 0.29) is 0 Å². The Kier molecular flexibility index (Phi) is 12.6. The van der Waals surface area contributed by atoms with Gasteiger partial charge in [0, 0.05) is 23.2 Å².